The van der Waals surface area contributed by atoms with Gasteiger partial charge >= 0.3 is 0 Å². The fourth-order valence-electron chi connectivity index (χ4n) is 4.51. The summed E-state index contributed by atoms with van der Waals surface area (Å²) in [6, 6.07) is 12.2. The van der Waals surface area contributed by atoms with E-state index in [1.165, 1.54) is 18.5 Å². The van der Waals surface area contributed by atoms with E-state index in [1.807, 2.05) is 17.0 Å². The highest BCUT2D eigenvalue weighted by Crippen LogP contribution is 2.40. The number of carbonyl (C=O) groups is 1. The Morgan fingerprint density at radius 2 is 1.77 bits per heavy atom. The first kappa shape index (κ1) is 21.4. The molecule has 8 heteroatoms. The van der Waals surface area contributed by atoms with E-state index in [4.69, 9.17) is 23.2 Å². The minimum atomic E-state index is -0.196. The first-order chi connectivity index (χ1) is 15.1. The first-order valence-corrected chi connectivity index (χ1v) is 12.5. The number of hydrogen-bond donors (Lipinski definition) is 1. The molecule has 2 aromatic carbocycles. The predicted molar refractivity (Wildman–Crippen MR) is 128 cm³/mol. The molecule has 2 fully saturated rings. The number of benzene rings is 2. The van der Waals surface area contributed by atoms with Crippen LogP contribution >= 0.6 is 35.0 Å². The van der Waals surface area contributed by atoms with Crippen LogP contribution in [0.15, 0.2) is 36.4 Å². The summed E-state index contributed by atoms with van der Waals surface area (Å²) in [5.41, 5.74) is 3.69. The van der Waals surface area contributed by atoms with Gasteiger partial charge in [-0.25, -0.2) is 0 Å². The molecule has 1 atom stereocenters. The van der Waals surface area contributed by atoms with Gasteiger partial charge in [0.2, 0.25) is 5.91 Å². The van der Waals surface area contributed by atoms with Gasteiger partial charge < -0.3 is 14.9 Å². The molecule has 0 spiro atoms. The molecule has 1 unspecified atom stereocenters. The van der Waals surface area contributed by atoms with Crippen molar-refractivity contribution in [3.63, 3.8) is 0 Å². The minimum absolute atomic E-state index is 0.147. The van der Waals surface area contributed by atoms with Gasteiger partial charge in [-0.2, -0.15) is 0 Å². The van der Waals surface area contributed by atoms with Gasteiger partial charge in [0, 0.05) is 47.4 Å². The van der Waals surface area contributed by atoms with Crippen molar-refractivity contribution in [1.29, 1.82) is 0 Å². The average Bonchev–Trinajstić information content (AvgIpc) is 3.53. The quantitative estimate of drug-likeness (QED) is 0.692. The number of aliphatic hydroxyl groups is 1. The number of hydrogen-bond acceptors (Lipinski definition) is 5. The summed E-state index contributed by atoms with van der Waals surface area (Å²) >= 11 is 14.5. The third-order valence-electron chi connectivity index (χ3n) is 6.32. The fraction of sp³-hybridized carbons (Fsp3) is 0.435. The van der Waals surface area contributed by atoms with Gasteiger partial charge in [0.25, 0.3) is 0 Å². The lowest BCUT2D eigenvalue weighted by atomic mass is 10.1. The Morgan fingerprint density at radius 3 is 2.52 bits per heavy atom. The Morgan fingerprint density at radius 1 is 1.06 bits per heavy atom. The van der Waals surface area contributed by atoms with Crippen LogP contribution in [0.2, 0.25) is 10.0 Å². The second kappa shape index (κ2) is 8.83. The Kier molecular flexibility index (Phi) is 6.10. The van der Waals surface area contributed by atoms with E-state index in [1.54, 1.807) is 17.8 Å². The number of amides is 1. The summed E-state index contributed by atoms with van der Waals surface area (Å²) in [4.78, 5) is 20.3. The van der Waals surface area contributed by atoms with E-state index < -0.39 is 0 Å². The Labute approximate surface area is 196 Å². The normalized spacial score (nSPS) is 21.5. The maximum atomic E-state index is 13.7. The molecular weight excluding hydrogens is 453 g/mol. The van der Waals surface area contributed by atoms with Crippen molar-refractivity contribution in [3.8, 4) is 0 Å². The van der Waals surface area contributed by atoms with Crippen molar-refractivity contribution >= 4 is 52.2 Å². The zero-order valence-electron chi connectivity index (χ0n) is 17.1. The van der Waals surface area contributed by atoms with Gasteiger partial charge in [0.1, 0.15) is 0 Å². The fourth-order valence-corrected chi connectivity index (χ4v) is 6.19. The molecule has 0 bridgehead atoms. The smallest absolute Gasteiger partial charge is 0.245 e. The van der Waals surface area contributed by atoms with Crippen LogP contribution in [0.5, 0.6) is 0 Å². The number of anilines is 2. The number of rotatable bonds is 5. The van der Waals surface area contributed by atoms with Crippen LogP contribution in [0, 0.1) is 0 Å². The number of fused-ring (bicyclic) bond motifs is 1. The van der Waals surface area contributed by atoms with Crippen molar-refractivity contribution < 1.29 is 9.90 Å². The van der Waals surface area contributed by atoms with Gasteiger partial charge in [-0.1, -0.05) is 35.3 Å². The molecule has 1 aliphatic carbocycles. The number of para-hydroxylation sites is 2. The molecule has 5 rings (SSSR count). The molecule has 31 heavy (non-hydrogen) atoms. The summed E-state index contributed by atoms with van der Waals surface area (Å²) < 4.78 is 0. The third-order valence-corrected chi connectivity index (χ3v) is 8.09. The third kappa shape index (κ3) is 4.16. The monoisotopic (exact) mass is 477 g/mol. The molecule has 3 aliphatic rings. The molecule has 1 N–H and O–H groups in total. The van der Waals surface area contributed by atoms with Crippen LogP contribution in [-0.4, -0.2) is 52.7 Å². The number of thioether (sulfide) groups is 1. The van der Waals surface area contributed by atoms with Crippen molar-refractivity contribution in [1.82, 2.24) is 4.90 Å². The van der Waals surface area contributed by atoms with Gasteiger partial charge in [0.15, 0.2) is 0 Å². The van der Waals surface area contributed by atoms with Crippen molar-refractivity contribution in [3.05, 3.63) is 57.6 Å². The predicted octanol–water partition coefficient (Wildman–Crippen LogP) is 4.38. The Balaban J connectivity index is 1.37. The summed E-state index contributed by atoms with van der Waals surface area (Å²) in [6.07, 6.45) is 2.49. The summed E-state index contributed by atoms with van der Waals surface area (Å²) in [5.74, 6) is 1.70. The van der Waals surface area contributed by atoms with Crippen LogP contribution in [0.25, 0.3) is 0 Å². The van der Waals surface area contributed by atoms with Gasteiger partial charge in [-0.05, 0) is 48.2 Å². The van der Waals surface area contributed by atoms with Crippen molar-refractivity contribution in [2.75, 3.05) is 34.5 Å². The SMILES string of the molecule is O=C(C1CSCN1Cc1cc(Cl)c(CO)cc1Cl)N1CCN(C2CC2)c2ccccc21. The van der Waals surface area contributed by atoms with E-state index in [9.17, 15) is 9.90 Å². The maximum absolute atomic E-state index is 13.7. The lowest BCUT2D eigenvalue weighted by Crippen LogP contribution is -2.52. The molecule has 1 saturated carbocycles. The number of halogens is 2. The first-order valence-electron chi connectivity index (χ1n) is 10.6. The number of aliphatic hydroxyl groups excluding tert-OH is 1. The lowest BCUT2D eigenvalue weighted by molar-refractivity contribution is -0.122. The molecule has 2 aliphatic heterocycles. The Hall–Kier alpha value is -1.44. The van der Waals surface area contributed by atoms with Gasteiger partial charge in [0.05, 0.1) is 24.0 Å². The van der Waals surface area contributed by atoms with E-state index in [0.29, 0.717) is 28.2 Å². The molecule has 0 aromatic heterocycles. The van der Waals surface area contributed by atoms with Crippen LogP contribution in [0.3, 0.4) is 0 Å². The van der Waals surface area contributed by atoms with Gasteiger partial charge in [-0.15, -0.1) is 11.8 Å². The highest BCUT2D eigenvalue weighted by molar-refractivity contribution is 7.99. The molecule has 1 saturated heterocycles. The topological polar surface area (TPSA) is 47.0 Å². The number of carbonyl (C=O) groups excluding carboxylic acids is 1. The minimum Gasteiger partial charge on any atom is -0.392 e. The van der Waals surface area contributed by atoms with E-state index in [0.717, 1.165) is 36.0 Å². The summed E-state index contributed by atoms with van der Waals surface area (Å²) in [6.45, 7) is 2.01. The zero-order valence-corrected chi connectivity index (χ0v) is 19.5. The lowest BCUT2D eigenvalue weighted by Gasteiger charge is -2.39. The zero-order chi connectivity index (χ0) is 21.5. The second-order valence-electron chi connectivity index (χ2n) is 8.36. The molecule has 5 nitrogen and oxygen atoms in total. The average molecular weight is 478 g/mol. The molecule has 2 aromatic rings. The Bertz CT molecular complexity index is 1000. The molecule has 164 valence electrons. The molecule has 0 radical (unpaired) electrons. The highest BCUT2D eigenvalue weighted by Gasteiger charge is 2.39. The summed E-state index contributed by atoms with van der Waals surface area (Å²) in [5, 5.41) is 10.5. The largest absolute Gasteiger partial charge is 0.392 e. The molecular formula is C23H25Cl2N3O2S. The van der Waals surface area contributed by atoms with Crippen LogP contribution < -0.4 is 9.80 Å². The van der Waals surface area contributed by atoms with Crippen LogP contribution in [-0.2, 0) is 17.9 Å². The molecule has 2 heterocycles. The van der Waals surface area contributed by atoms with E-state index >= 15 is 0 Å². The van der Waals surface area contributed by atoms with E-state index in [-0.39, 0.29) is 18.6 Å². The summed E-state index contributed by atoms with van der Waals surface area (Å²) in [7, 11) is 0. The second-order valence-corrected chi connectivity index (χ2v) is 10.2. The van der Waals surface area contributed by atoms with Crippen LogP contribution in [0.4, 0.5) is 11.4 Å². The standard InChI is InChI=1S/C23H25Cl2N3O2S/c24-18-10-16(12-29)19(25)9-15(18)11-26-14-31-13-22(26)23(30)28-8-7-27(17-5-6-17)20-3-1-2-4-21(20)28/h1-4,9-10,17,22,29H,5-8,11-14H2. The molecule has 1 amide bonds. The maximum Gasteiger partial charge on any atom is 0.245 e. The van der Waals surface area contributed by atoms with Crippen molar-refractivity contribution in [2.45, 2.75) is 38.1 Å². The van der Waals surface area contributed by atoms with E-state index in [2.05, 4.69) is 28.0 Å². The van der Waals surface area contributed by atoms with Gasteiger partial charge in [-0.3, -0.25) is 9.69 Å². The highest BCUT2D eigenvalue weighted by atomic mass is 35.5. The van der Waals surface area contributed by atoms with Crippen LogP contribution in [0.1, 0.15) is 24.0 Å². The van der Waals surface area contributed by atoms with Crippen molar-refractivity contribution in [2.24, 2.45) is 0 Å². The number of nitrogens with zero attached hydrogens (tertiary/aromatic N) is 3.